The number of nitrogens with two attached hydrogens (primary N) is 1. The highest BCUT2D eigenvalue weighted by atomic mass is 35.5. The molecular weight excluding hydrogens is 618 g/mol. The lowest BCUT2D eigenvalue weighted by atomic mass is 9.99. The Bertz CT molecular complexity index is 1620. The predicted octanol–water partition coefficient (Wildman–Crippen LogP) is 4.45. The zero-order valence-corrected chi connectivity index (χ0v) is 25.7. The van der Waals surface area contributed by atoms with Gasteiger partial charge in [-0.25, -0.2) is 9.37 Å². The first-order valence-corrected chi connectivity index (χ1v) is 14.9. The summed E-state index contributed by atoms with van der Waals surface area (Å²) < 4.78 is 65.2. The van der Waals surface area contributed by atoms with E-state index in [2.05, 4.69) is 19.9 Å². The van der Waals surface area contributed by atoms with Crippen molar-refractivity contribution < 1.29 is 32.2 Å². The molecule has 0 bridgehead atoms. The van der Waals surface area contributed by atoms with E-state index in [-0.39, 0.29) is 57.8 Å². The first-order chi connectivity index (χ1) is 21.3. The first kappa shape index (κ1) is 32.8. The number of benzene rings is 1. The van der Waals surface area contributed by atoms with Gasteiger partial charge in [0.15, 0.2) is 5.82 Å². The number of allylic oxidation sites excluding steroid dienone is 1. The average molecular weight is 652 g/mol. The van der Waals surface area contributed by atoms with Crippen LogP contribution in [-0.2, 0) is 11.0 Å². The number of ether oxygens (including phenoxy) is 1. The van der Waals surface area contributed by atoms with Gasteiger partial charge in [-0.1, -0.05) is 11.6 Å². The van der Waals surface area contributed by atoms with Crippen molar-refractivity contribution in [2.45, 2.75) is 51.2 Å². The van der Waals surface area contributed by atoms with Gasteiger partial charge in [-0.2, -0.15) is 23.1 Å². The van der Waals surface area contributed by atoms with Crippen molar-refractivity contribution in [3.8, 4) is 17.3 Å². The quantitative estimate of drug-likeness (QED) is 0.205. The van der Waals surface area contributed by atoms with Gasteiger partial charge in [0.05, 0.1) is 21.8 Å². The molecule has 2 aromatic heterocycles. The Kier molecular flexibility index (Phi) is 9.49. The van der Waals surface area contributed by atoms with Gasteiger partial charge in [-0.15, -0.1) is 0 Å². The molecule has 5 rings (SSSR count). The Labute approximate surface area is 262 Å². The van der Waals surface area contributed by atoms with Crippen molar-refractivity contribution in [2.75, 3.05) is 50.5 Å². The number of aliphatic hydroxyl groups excluding tert-OH is 1. The molecule has 15 heteroatoms. The molecule has 3 aromatic rings. The van der Waals surface area contributed by atoms with E-state index in [0.29, 0.717) is 25.9 Å². The lowest BCUT2D eigenvalue weighted by molar-refractivity contribution is -0.137. The summed E-state index contributed by atoms with van der Waals surface area (Å²) in [4.78, 5) is 29.3. The minimum Gasteiger partial charge on any atom is -0.462 e. The molecule has 2 aliphatic heterocycles. The zero-order chi connectivity index (χ0) is 32.6. The monoisotopic (exact) mass is 651 g/mol. The van der Waals surface area contributed by atoms with Gasteiger partial charge >= 0.3 is 12.2 Å². The maximum absolute atomic E-state index is 16.6. The number of carbonyl (C=O) groups excluding carboxylic acids is 1. The normalized spacial score (nSPS) is 20.8. The molecule has 0 spiro atoms. The highest BCUT2D eigenvalue weighted by Gasteiger charge is 2.39. The Hall–Kier alpha value is -3.59. The van der Waals surface area contributed by atoms with E-state index in [0.717, 1.165) is 25.5 Å². The van der Waals surface area contributed by atoms with E-state index in [1.54, 1.807) is 4.90 Å². The second-order valence-electron chi connectivity index (χ2n) is 11.4. The van der Waals surface area contributed by atoms with E-state index in [4.69, 9.17) is 22.1 Å². The molecule has 1 aromatic carbocycles. The third-order valence-electron chi connectivity index (χ3n) is 8.34. The number of aromatic nitrogens is 3. The van der Waals surface area contributed by atoms with Crippen LogP contribution in [0.2, 0.25) is 5.02 Å². The molecule has 0 aliphatic carbocycles. The van der Waals surface area contributed by atoms with Gasteiger partial charge in [0, 0.05) is 37.1 Å². The van der Waals surface area contributed by atoms with Crippen molar-refractivity contribution in [2.24, 2.45) is 0 Å². The van der Waals surface area contributed by atoms with Crippen LogP contribution in [0.1, 0.15) is 30.9 Å². The highest BCUT2D eigenvalue weighted by Crippen LogP contribution is 2.44. The molecule has 2 unspecified atom stereocenters. The maximum Gasteiger partial charge on any atom is 0.418 e. The number of aldehydes is 1. The molecule has 0 radical (unpaired) electrons. The largest absolute Gasteiger partial charge is 0.462 e. The van der Waals surface area contributed by atoms with Gasteiger partial charge in [-0.3, -0.25) is 9.69 Å². The molecule has 45 heavy (non-hydrogen) atoms. The molecule has 2 saturated heterocycles. The molecule has 3 N–H and O–H groups in total. The minimum atomic E-state index is -4.87. The Morgan fingerprint density at radius 2 is 1.98 bits per heavy atom. The molecular formula is C30H34ClF4N7O3. The second-order valence-corrected chi connectivity index (χ2v) is 11.8. The molecule has 3 atom stereocenters. The van der Waals surface area contributed by atoms with Gasteiger partial charge in [0.25, 0.3) is 0 Å². The number of nitrogen functional groups attached to an aromatic ring is 1. The second kappa shape index (κ2) is 13.0. The first-order valence-electron chi connectivity index (χ1n) is 14.5. The average Bonchev–Trinajstić information content (AvgIpc) is 3.38. The van der Waals surface area contributed by atoms with Crippen molar-refractivity contribution in [1.82, 2.24) is 24.8 Å². The smallest absolute Gasteiger partial charge is 0.418 e. The number of hydrogen-bond donors (Lipinski definition) is 2. The van der Waals surface area contributed by atoms with Crippen LogP contribution in [0.4, 0.5) is 29.2 Å². The summed E-state index contributed by atoms with van der Waals surface area (Å²) in [7, 11) is 1.97. The fourth-order valence-corrected chi connectivity index (χ4v) is 6.35. The number of alkyl halides is 3. The molecule has 2 aliphatic rings. The number of likely N-dealkylation sites (tertiary alicyclic amines) is 1. The Morgan fingerprint density at radius 3 is 2.62 bits per heavy atom. The molecule has 4 heterocycles. The lowest BCUT2D eigenvalue weighted by Gasteiger charge is -2.42. The predicted molar refractivity (Wildman–Crippen MR) is 163 cm³/mol. The maximum atomic E-state index is 16.6. The zero-order valence-electron chi connectivity index (χ0n) is 25.0. The number of anilines is 2. The third-order valence-corrected chi connectivity index (χ3v) is 8.64. The number of nitrogens with zero attached hydrogens (tertiary/aromatic N) is 6. The van der Waals surface area contributed by atoms with Crippen LogP contribution in [-0.4, -0.2) is 94.3 Å². The van der Waals surface area contributed by atoms with Crippen LogP contribution in [0.3, 0.4) is 0 Å². The van der Waals surface area contributed by atoms with Crippen LogP contribution in [0.25, 0.3) is 22.2 Å². The van der Waals surface area contributed by atoms with E-state index in [1.807, 2.05) is 18.9 Å². The number of rotatable bonds is 8. The standard InChI is InChI=1S/C30H34ClF4N7O3/c1-16-12-21(36)37-27(24(16)30(33,34)35)23-20(31)13-19-26(25(23)32)38-29(45-15-18-6-4-8-40(18)3)39-28(19)42-10-9-41(14-17(42)2)22(44)7-5-11-43/h5,7,11-13,17-18,22,44H,4,6,8-10,14-15H2,1-3H3,(H2,36,37)/b7-5+/t17-,18?,22?/m0/s1. The molecule has 10 nitrogen and oxygen atoms in total. The summed E-state index contributed by atoms with van der Waals surface area (Å²) in [5, 5.41) is 10.3. The van der Waals surface area contributed by atoms with Crippen molar-refractivity contribution >= 4 is 40.4 Å². The molecule has 0 amide bonds. The van der Waals surface area contributed by atoms with E-state index < -0.39 is 35.0 Å². The van der Waals surface area contributed by atoms with Crippen molar-refractivity contribution in [1.29, 1.82) is 0 Å². The number of carbonyl (C=O) groups is 1. The van der Waals surface area contributed by atoms with Crippen LogP contribution in [0.15, 0.2) is 24.3 Å². The number of likely N-dealkylation sites (N-methyl/N-ethyl adjacent to an activating group) is 1. The van der Waals surface area contributed by atoms with Gasteiger partial charge in [0.1, 0.15) is 36.3 Å². The van der Waals surface area contributed by atoms with Crippen LogP contribution in [0, 0.1) is 12.7 Å². The summed E-state index contributed by atoms with van der Waals surface area (Å²) in [5.74, 6) is -1.07. The number of fused-ring (bicyclic) bond motifs is 1. The van der Waals surface area contributed by atoms with Crippen molar-refractivity contribution in [3.63, 3.8) is 0 Å². The Balaban J connectivity index is 1.64. The summed E-state index contributed by atoms with van der Waals surface area (Å²) >= 11 is 6.56. The van der Waals surface area contributed by atoms with E-state index in [9.17, 15) is 23.1 Å². The number of hydrogen-bond acceptors (Lipinski definition) is 10. The van der Waals surface area contributed by atoms with E-state index in [1.165, 1.54) is 25.1 Å². The van der Waals surface area contributed by atoms with Crippen LogP contribution >= 0.6 is 11.6 Å². The van der Waals surface area contributed by atoms with Gasteiger partial charge in [-0.05, 0) is 70.1 Å². The topological polar surface area (TPSA) is 121 Å². The number of halogens is 5. The number of aliphatic hydroxyl groups is 1. The fourth-order valence-electron chi connectivity index (χ4n) is 6.07. The van der Waals surface area contributed by atoms with Crippen molar-refractivity contribution in [3.05, 3.63) is 46.3 Å². The number of aryl methyl sites for hydroxylation is 1. The summed E-state index contributed by atoms with van der Waals surface area (Å²) in [6.45, 7) is 5.28. The van der Waals surface area contributed by atoms with Gasteiger partial charge in [0.2, 0.25) is 0 Å². The number of pyridine rings is 1. The van der Waals surface area contributed by atoms with Crippen LogP contribution in [0.5, 0.6) is 6.01 Å². The summed E-state index contributed by atoms with van der Waals surface area (Å²) in [6.07, 6.45) is -0.806. The number of piperazine rings is 1. The van der Waals surface area contributed by atoms with Crippen LogP contribution < -0.4 is 15.4 Å². The fraction of sp³-hybridized carbons (Fsp3) is 0.467. The lowest BCUT2D eigenvalue weighted by Crippen LogP contribution is -2.55. The highest BCUT2D eigenvalue weighted by molar-refractivity contribution is 6.34. The Morgan fingerprint density at radius 1 is 1.22 bits per heavy atom. The minimum absolute atomic E-state index is 0.0931. The third kappa shape index (κ3) is 6.69. The molecule has 242 valence electrons. The van der Waals surface area contributed by atoms with Gasteiger partial charge < -0.3 is 25.4 Å². The van der Waals surface area contributed by atoms with E-state index >= 15 is 4.39 Å². The summed E-state index contributed by atoms with van der Waals surface area (Å²) in [5.41, 5.74) is 2.82. The SMILES string of the molecule is Cc1cc(N)nc(-c2c(Cl)cc3c(N4CCN(C(O)/C=C/C=O)C[C@@H]4C)nc(OCC4CCCN4C)nc3c2F)c1C(F)(F)F. The molecule has 0 saturated carbocycles. The molecule has 2 fully saturated rings. The summed E-state index contributed by atoms with van der Waals surface area (Å²) in [6, 6.07) is 2.08.